The Labute approximate surface area is 373 Å². The van der Waals surface area contributed by atoms with Gasteiger partial charge in [0, 0.05) is 28.7 Å². The molecule has 2 aromatic heterocycles. The Balaban J connectivity index is 0.000000572. The third-order valence-electron chi connectivity index (χ3n) is 10.8. The first kappa shape index (κ1) is 51.4. The normalized spacial score (nSPS) is 17.5. The van der Waals surface area contributed by atoms with E-state index in [1.165, 1.54) is 33.5 Å². The molecule has 0 radical (unpaired) electrons. The molecule has 4 N–H and O–H groups in total. The number of carbonyl (C=O) groups is 5. The molecular formula is C48H68N8O7. The molecule has 63 heavy (non-hydrogen) atoms. The van der Waals surface area contributed by atoms with Crippen molar-refractivity contribution in [1.82, 2.24) is 40.4 Å². The first-order valence-corrected chi connectivity index (χ1v) is 22.4. The minimum atomic E-state index is -0.646. The number of imidazole rings is 2. The van der Waals surface area contributed by atoms with Crippen LogP contribution in [0, 0.1) is 29.1 Å². The van der Waals surface area contributed by atoms with Gasteiger partial charge in [-0.25, -0.2) is 19.6 Å². The first-order valence-electron chi connectivity index (χ1n) is 22.4. The van der Waals surface area contributed by atoms with E-state index < -0.39 is 12.2 Å². The summed E-state index contributed by atoms with van der Waals surface area (Å²) in [5.41, 5.74) is 4.30. The van der Waals surface area contributed by atoms with Crippen molar-refractivity contribution in [3.8, 4) is 23.7 Å². The summed E-state index contributed by atoms with van der Waals surface area (Å²) in [4.78, 5) is 77.7. The second-order valence-electron chi connectivity index (χ2n) is 15.6. The Kier molecular flexibility index (Phi) is 21.6. The van der Waals surface area contributed by atoms with Crippen molar-refractivity contribution in [1.29, 1.82) is 0 Å². The highest BCUT2D eigenvalue weighted by Crippen LogP contribution is 2.50. The van der Waals surface area contributed by atoms with Crippen molar-refractivity contribution in [3.63, 3.8) is 0 Å². The molecule has 7 rings (SSSR count). The summed E-state index contributed by atoms with van der Waals surface area (Å²) < 4.78 is 8.72. The van der Waals surface area contributed by atoms with Crippen LogP contribution in [0.4, 0.5) is 9.59 Å². The number of nitrogens with one attached hydrogen (secondary N) is 4. The molecule has 0 bridgehead atoms. The molecule has 15 nitrogen and oxygen atoms in total. The first-order chi connectivity index (χ1) is 30.5. The summed E-state index contributed by atoms with van der Waals surface area (Å²) >= 11 is 0. The maximum absolute atomic E-state index is 14.0. The molecule has 1 spiro atoms. The number of Topliss-reactive ketones (excluding diaryl/α,β-unsaturated/α-hetero) is 1. The van der Waals surface area contributed by atoms with E-state index in [2.05, 4.69) is 103 Å². The number of hydrogen-bond donors (Lipinski definition) is 4. The lowest BCUT2D eigenvalue weighted by atomic mass is 9.82. The number of rotatable bonds is 6. The molecule has 4 aliphatic rings. The number of H-pyrrole nitrogens is 2. The number of nitrogens with zero attached hydrogens (tertiary/aromatic N) is 4. The molecule has 2 aliphatic heterocycles. The van der Waals surface area contributed by atoms with Gasteiger partial charge in [0.15, 0.2) is 5.78 Å². The Morgan fingerprint density at radius 1 is 0.810 bits per heavy atom. The number of benzene rings is 1. The number of alkyl carbamates (subject to hydrolysis) is 2. The molecule has 3 amide bonds. The van der Waals surface area contributed by atoms with Gasteiger partial charge >= 0.3 is 12.2 Å². The second-order valence-corrected chi connectivity index (χ2v) is 15.6. The van der Waals surface area contributed by atoms with Gasteiger partial charge in [-0.3, -0.25) is 14.5 Å². The van der Waals surface area contributed by atoms with E-state index in [-0.39, 0.29) is 36.2 Å². The van der Waals surface area contributed by atoms with Crippen molar-refractivity contribution in [3.05, 3.63) is 69.8 Å². The van der Waals surface area contributed by atoms with Crippen LogP contribution >= 0.6 is 0 Å². The summed E-state index contributed by atoms with van der Waals surface area (Å²) in [6.07, 6.45) is 13.8. The van der Waals surface area contributed by atoms with Crippen LogP contribution in [-0.4, -0.2) is 107 Å². The minimum absolute atomic E-state index is 0.00662. The summed E-state index contributed by atoms with van der Waals surface area (Å²) in [6, 6.07) is 3.97. The second kappa shape index (κ2) is 26.5. The molecule has 2 aliphatic carbocycles. The Morgan fingerprint density at radius 3 is 1.89 bits per heavy atom. The van der Waals surface area contributed by atoms with E-state index >= 15 is 0 Å². The lowest BCUT2D eigenvalue weighted by Gasteiger charge is -2.23. The average molecular weight is 869 g/mol. The lowest BCUT2D eigenvalue weighted by molar-refractivity contribution is -0.131. The number of hydrogen-bond acceptors (Lipinski definition) is 10. The zero-order valence-corrected chi connectivity index (χ0v) is 38.8. The minimum Gasteiger partial charge on any atom is -0.453 e. The van der Waals surface area contributed by atoms with Gasteiger partial charge in [-0.15, -0.1) is 0 Å². The number of carbonyl (C=O) groups excluding carboxylic acids is 5. The highest BCUT2D eigenvalue weighted by Gasteiger charge is 2.48. The van der Waals surface area contributed by atoms with Gasteiger partial charge in [0.05, 0.1) is 45.2 Å². The monoisotopic (exact) mass is 869 g/mol. The Bertz CT molecular complexity index is 2090. The maximum Gasteiger partial charge on any atom is 0.407 e. The predicted octanol–water partition coefficient (Wildman–Crippen LogP) is 7.42. The van der Waals surface area contributed by atoms with Crippen LogP contribution in [0.2, 0.25) is 0 Å². The Hall–Kier alpha value is -5.93. The molecule has 3 fully saturated rings. The van der Waals surface area contributed by atoms with Crippen LogP contribution in [0.25, 0.3) is 0 Å². The number of aldehydes is 1. The third-order valence-corrected chi connectivity index (χ3v) is 10.8. The number of aromatic amines is 2. The highest BCUT2D eigenvalue weighted by atomic mass is 16.5. The maximum atomic E-state index is 14.0. The third kappa shape index (κ3) is 14.0. The molecular weight excluding hydrogens is 801 g/mol. The molecule has 4 heterocycles. The molecule has 1 unspecified atom stereocenters. The number of amides is 3. The van der Waals surface area contributed by atoms with Crippen LogP contribution in [-0.2, 0) is 25.5 Å². The van der Waals surface area contributed by atoms with Gasteiger partial charge < -0.3 is 39.8 Å². The Morgan fingerprint density at radius 2 is 1.33 bits per heavy atom. The van der Waals surface area contributed by atoms with Crippen molar-refractivity contribution in [2.45, 2.75) is 124 Å². The van der Waals surface area contributed by atoms with Gasteiger partial charge in [-0.1, -0.05) is 79.1 Å². The van der Waals surface area contributed by atoms with Gasteiger partial charge in [-0.05, 0) is 88.1 Å². The quantitative estimate of drug-likeness (QED) is 0.143. The molecule has 15 heteroatoms. The molecule has 2 saturated heterocycles. The molecule has 3 aromatic rings. The summed E-state index contributed by atoms with van der Waals surface area (Å²) in [5, 5.41) is 4.61. The van der Waals surface area contributed by atoms with E-state index in [9.17, 15) is 24.0 Å². The van der Waals surface area contributed by atoms with Crippen LogP contribution in [0.15, 0.2) is 24.5 Å². The number of fused-ring (bicyclic) bond motifs is 1. The van der Waals surface area contributed by atoms with Gasteiger partial charge in [0.1, 0.15) is 35.9 Å². The molecule has 1 saturated carbocycles. The summed E-state index contributed by atoms with van der Waals surface area (Å²) in [7, 11) is 4.62. The fraction of sp³-hybridized carbons (Fsp3) is 0.562. The summed E-state index contributed by atoms with van der Waals surface area (Å²) in [6.45, 7) is 14.0. The SMILES string of the molecule is CC.CCC.CCC.COC(=O)NCC(=O)N1CCC[C@@H]1c1ncc(C#Cc2ccc(C#Cc3cnc(C4CCCN4C)[nH]3)c3c2C(=O)C2(CCCC2)C3)[nH]1.COC(=O)NCC=O. The van der Waals surface area contributed by atoms with Gasteiger partial charge in [-0.2, -0.15) is 0 Å². The topological polar surface area (TPSA) is 192 Å². The van der Waals surface area contributed by atoms with Crippen LogP contribution in [0.5, 0.6) is 0 Å². The van der Waals surface area contributed by atoms with E-state index in [0.717, 1.165) is 74.1 Å². The molecule has 2 atom stereocenters. The number of ether oxygens (including phenoxy) is 2. The van der Waals surface area contributed by atoms with Crippen molar-refractivity contribution in [2.75, 3.05) is 47.4 Å². The predicted molar refractivity (Wildman–Crippen MR) is 243 cm³/mol. The zero-order valence-electron chi connectivity index (χ0n) is 38.8. The van der Waals surface area contributed by atoms with Crippen molar-refractivity contribution < 1.29 is 33.4 Å². The average Bonchev–Trinajstić information content (AvgIpc) is 4.17. The van der Waals surface area contributed by atoms with E-state index in [1.54, 1.807) is 17.3 Å². The highest BCUT2D eigenvalue weighted by molar-refractivity contribution is 6.07. The standard InChI is InChI=1S/C36H39N7O4.C4H7NO3.2C3H8.C2H6/c1-42-17-5-7-28(42)33-37-20-25(40-33)13-11-23-9-10-24(31-27(23)19-36(32(31)45)15-3-4-16-36)12-14-26-21-38-34(41-26)29-8-6-18-43(29)30(44)22-39-35(46)47-2;1-8-4(7)5-2-3-6;2*1-3-2;1-2/h9-10,20-21,28-29H,3-8,15-19,22H2,1-2H3,(H,37,40)(H,38,41)(H,39,46);3H,2H2,1H3,(H,5,7);2*3H2,1-2H3;1-2H3/t28?,29-;;;;/m1..../s1. The largest absolute Gasteiger partial charge is 0.453 e. The summed E-state index contributed by atoms with van der Waals surface area (Å²) in [5.74, 6) is 14.7. The fourth-order valence-electron chi connectivity index (χ4n) is 7.98. The van der Waals surface area contributed by atoms with Crippen LogP contribution in [0.3, 0.4) is 0 Å². The van der Waals surface area contributed by atoms with E-state index in [0.29, 0.717) is 47.9 Å². The lowest BCUT2D eigenvalue weighted by Crippen LogP contribution is -2.40. The molecule has 342 valence electrons. The van der Waals surface area contributed by atoms with Crippen molar-refractivity contribution >= 4 is 30.2 Å². The van der Waals surface area contributed by atoms with Gasteiger partial charge in [0.2, 0.25) is 5.91 Å². The molecule has 1 aromatic carbocycles. The zero-order chi connectivity index (χ0) is 46.4. The number of likely N-dealkylation sites (tertiary alicyclic amines) is 2. The van der Waals surface area contributed by atoms with E-state index in [4.69, 9.17) is 0 Å². The van der Waals surface area contributed by atoms with E-state index in [1.807, 2.05) is 26.0 Å². The smallest absolute Gasteiger partial charge is 0.407 e. The number of ketones is 1. The number of methoxy groups -OCH3 is 2. The van der Waals surface area contributed by atoms with Crippen molar-refractivity contribution in [2.24, 2.45) is 5.41 Å². The fourth-order valence-corrected chi connectivity index (χ4v) is 7.98. The van der Waals surface area contributed by atoms with Gasteiger partial charge in [0.25, 0.3) is 0 Å². The van der Waals surface area contributed by atoms with Crippen LogP contribution in [0.1, 0.15) is 168 Å². The number of aromatic nitrogens is 4. The van der Waals surface area contributed by atoms with Crippen LogP contribution < -0.4 is 10.6 Å².